The quantitative estimate of drug-likeness (QED) is 0.718. The van der Waals surface area contributed by atoms with Crippen LogP contribution in [-0.4, -0.2) is 18.3 Å². The van der Waals surface area contributed by atoms with Crippen molar-refractivity contribution in [3.63, 3.8) is 0 Å². The van der Waals surface area contributed by atoms with Gasteiger partial charge in [-0.1, -0.05) is 19.1 Å². The van der Waals surface area contributed by atoms with E-state index < -0.39 is 0 Å². The van der Waals surface area contributed by atoms with Gasteiger partial charge >= 0.3 is 5.69 Å². The SMILES string of the molecule is CCc1cccc([N+]#N)c1NCCO. The average molecular weight is 192 g/mol. The van der Waals surface area contributed by atoms with Crippen LogP contribution < -0.4 is 5.32 Å². The second-order valence-corrected chi connectivity index (χ2v) is 2.92. The van der Waals surface area contributed by atoms with Crippen LogP contribution in [-0.2, 0) is 6.42 Å². The molecule has 0 atom stereocenters. The summed E-state index contributed by atoms with van der Waals surface area (Å²) in [4.78, 5) is 3.19. The van der Waals surface area contributed by atoms with Gasteiger partial charge in [-0.3, -0.25) is 0 Å². The van der Waals surface area contributed by atoms with Crippen molar-refractivity contribution in [2.75, 3.05) is 18.5 Å². The Kier molecular flexibility index (Phi) is 3.89. The van der Waals surface area contributed by atoms with Gasteiger partial charge in [0, 0.05) is 12.6 Å². The van der Waals surface area contributed by atoms with E-state index in [0.29, 0.717) is 12.2 Å². The number of aliphatic hydroxyl groups excluding tert-OH is 1. The summed E-state index contributed by atoms with van der Waals surface area (Å²) in [7, 11) is 0. The van der Waals surface area contributed by atoms with E-state index in [1.54, 1.807) is 6.07 Å². The number of nitrogens with zero attached hydrogens (tertiary/aromatic N) is 2. The molecule has 4 nitrogen and oxygen atoms in total. The summed E-state index contributed by atoms with van der Waals surface area (Å²) in [6, 6.07) is 5.53. The van der Waals surface area contributed by atoms with Crippen molar-refractivity contribution in [1.29, 1.82) is 5.39 Å². The Morgan fingerprint density at radius 3 is 2.86 bits per heavy atom. The fraction of sp³-hybridized carbons (Fsp3) is 0.400. The molecule has 0 saturated heterocycles. The molecule has 1 aromatic carbocycles. The van der Waals surface area contributed by atoms with Crippen LogP contribution >= 0.6 is 0 Å². The molecule has 1 rings (SSSR count). The van der Waals surface area contributed by atoms with E-state index in [0.717, 1.165) is 17.7 Å². The molecule has 0 unspecified atom stereocenters. The number of anilines is 1. The highest BCUT2D eigenvalue weighted by molar-refractivity contribution is 5.73. The second kappa shape index (κ2) is 5.20. The lowest BCUT2D eigenvalue weighted by Gasteiger charge is -2.06. The summed E-state index contributed by atoms with van der Waals surface area (Å²) in [5.41, 5.74) is 2.39. The van der Waals surface area contributed by atoms with Gasteiger partial charge < -0.3 is 10.4 Å². The highest BCUT2D eigenvalue weighted by Crippen LogP contribution is 2.28. The minimum atomic E-state index is 0.0584. The lowest BCUT2D eigenvalue weighted by atomic mass is 10.1. The normalized spacial score (nSPS) is 9.50. The number of benzene rings is 1. The molecule has 0 aromatic heterocycles. The van der Waals surface area contributed by atoms with Gasteiger partial charge in [0.1, 0.15) is 5.69 Å². The monoisotopic (exact) mass is 192 g/mol. The summed E-state index contributed by atoms with van der Waals surface area (Å²) >= 11 is 0. The summed E-state index contributed by atoms with van der Waals surface area (Å²) in [5, 5.41) is 20.5. The number of hydrogen-bond acceptors (Lipinski definition) is 3. The van der Waals surface area contributed by atoms with Gasteiger partial charge in [-0.15, -0.1) is 0 Å². The van der Waals surface area contributed by atoms with Gasteiger partial charge in [0.2, 0.25) is 5.39 Å². The van der Waals surface area contributed by atoms with E-state index in [2.05, 4.69) is 10.3 Å². The molecule has 0 aliphatic heterocycles. The number of rotatable bonds is 4. The molecule has 0 aliphatic carbocycles. The van der Waals surface area contributed by atoms with Gasteiger partial charge in [-0.25, -0.2) is 0 Å². The van der Waals surface area contributed by atoms with Crippen LogP contribution in [0.3, 0.4) is 0 Å². The first kappa shape index (κ1) is 10.5. The van der Waals surface area contributed by atoms with Crippen LogP contribution in [0.2, 0.25) is 0 Å². The minimum Gasteiger partial charge on any atom is -0.395 e. The summed E-state index contributed by atoms with van der Waals surface area (Å²) in [6.45, 7) is 2.54. The Morgan fingerprint density at radius 2 is 2.29 bits per heavy atom. The number of para-hydroxylation sites is 1. The second-order valence-electron chi connectivity index (χ2n) is 2.92. The fourth-order valence-electron chi connectivity index (χ4n) is 1.35. The third kappa shape index (κ3) is 2.21. The molecule has 0 aliphatic rings. The van der Waals surface area contributed by atoms with Crippen molar-refractivity contribution >= 4 is 11.4 Å². The van der Waals surface area contributed by atoms with Gasteiger partial charge in [0.15, 0.2) is 4.98 Å². The van der Waals surface area contributed by atoms with Gasteiger partial charge in [-0.05, 0) is 12.0 Å². The molecular weight excluding hydrogens is 178 g/mol. The third-order valence-electron chi connectivity index (χ3n) is 2.03. The Labute approximate surface area is 83.2 Å². The summed E-state index contributed by atoms with van der Waals surface area (Å²) in [5.74, 6) is 0. The van der Waals surface area contributed by atoms with Crippen molar-refractivity contribution in [3.8, 4) is 0 Å². The van der Waals surface area contributed by atoms with Crippen molar-refractivity contribution in [2.24, 2.45) is 0 Å². The predicted molar refractivity (Wildman–Crippen MR) is 56.1 cm³/mol. The average Bonchev–Trinajstić information content (AvgIpc) is 2.25. The van der Waals surface area contributed by atoms with Crippen molar-refractivity contribution < 1.29 is 5.11 Å². The number of hydrogen-bond donors (Lipinski definition) is 2. The van der Waals surface area contributed by atoms with E-state index in [1.807, 2.05) is 19.1 Å². The summed E-state index contributed by atoms with van der Waals surface area (Å²) < 4.78 is 0. The first-order chi connectivity index (χ1) is 6.83. The highest BCUT2D eigenvalue weighted by atomic mass is 16.3. The van der Waals surface area contributed by atoms with Crippen LogP contribution in [0, 0.1) is 5.39 Å². The standard InChI is InChI=1S/C10H14N3O/c1-2-8-4-3-5-9(13-11)10(8)12-6-7-14/h3-5,12,14H,2,6-7H2,1H3/q+1. The van der Waals surface area contributed by atoms with Gasteiger partial charge in [0.05, 0.1) is 6.61 Å². The maximum absolute atomic E-state index is 8.76. The first-order valence-corrected chi connectivity index (χ1v) is 4.65. The van der Waals surface area contributed by atoms with E-state index in [1.165, 1.54) is 0 Å². The van der Waals surface area contributed by atoms with Crippen LogP contribution in [0.1, 0.15) is 12.5 Å². The molecule has 1 aromatic rings. The van der Waals surface area contributed by atoms with Crippen LogP contribution in [0.4, 0.5) is 11.4 Å². The van der Waals surface area contributed by atoms with E-state index in [4.69, 9.17) is 10.5 Å². The van der Waals surface area contributed by atoms with E-state index in [9.17, 15) is 0 Å². The molecule has 14 heavy (non-hydrogen) atoms. The molecule has 0 heterocycles. The zero-order valence-electron chi connectivity index (χ0n) is 8.20. The molecule has 0 saturated carbocycles. The zero-order valence-corrected chi connectivity index (χ0v) is 8.20. The Hall–Kier alpha value is -1.60. The van der Waals surface area contributed by atoms with Crippen molar-refractivity contribution in [1.82, 2.24) is 0 Å². The molecule has 0 radical (unpaired) electrons. The minimum absolute atomic E-state index is 0.0584. The lowest BCUT2D eigenvalue weighted by Crippen LogP contribution is -2.07. The maximum Gasteiger partial charge on any atom is 0.408 e. The van der Waals surface area contributed by atoms with Crippen LogP contribution in [0.15, 0.2) is 18.2 Å². The third-order valence-corrected chi connectivity index (χ3v) is 2.03. The maximum atomic E-state index is 8.76. The van der Waals surface area contributed by atoms with Crippen molar-refractivity contribution in [2.45, 2.75) is 13.3 Å². The smallest absolute Gasteiger partial charge is 0.395 e. The predicted octanol–water partition coefficient (Wildman–Crippen LogP) is 2.14. The van der Waals surface area contributed by atoms with Gasteiger partial charge in [-0.2, -0.15) is 0 Å². The first-order valence-electron chi connectivity index (χ1n) is 4.65. The number of diazo groups is 1. The molecule has 0 bridgehead atoms. The highest BCUT2D eigenvalue weighted by Gasteiger charge is 2.15. The zero-order chi connectivity index (χ0) is 10.4. The Morgan fingerprint density at radius 1 is 1.50 bits per heavy atom. The topological polar surface area (TPSA) is 60.4 Å². The molecule has 74 valence electrons. The molecule has 0 fully saturated rings. The number of nitrogens with one attached hydrogen (secondary N) is 1. The molecule has 2 N–H and O–H groups in total. The van der Waals surface area contributed by atoms with Crippen molar-refractivity contribution in [3.05, 3.63) is 28.7 Å². The molecule has 0 spiro atoms. The number of aryl methyl sites for hydroxylation is 1. The summed E-state index contributed by atoms with van der Waals surface area (Å²) in [6.07, 6.45) is 0.858. The molecule has 0 amide bonds. The largest absolute Gasteiger partial charge is 0.408 e. The Bertz CT molecular complexity index is 344. The molecule has 4 heteroatoms. The fourth-order valence-corrected chi connectivity index (χ4v) is 1.35. The van der Waals surface area contributed by atoms with Crippen LogP contribution in [0.5, 0.6) is 0 Å². The van der Waals surface area contributed by atoms with Crippen LogP contribution in [0.25, 0.3) is 4.98 Å². The van der Waals surface area contributed by atoms with E-state index >= 15 is 0 Å². The number of aliphatic hydroxyl groups is 1. The molecular formula is C10H14N3O+. The van der Waals surface area contributed by atoms with Gasteiger partial charge in [0.25, 0.3) is 0 Å². The van der Waals surface area contributed by atoms with E-state index in [-0.39, 0.29) is 6.61 Å². The lowest BCUT2D eigenvalue weighted by molar-refractivity contribution is 0.311. The Balaban J connectivity index is 3.01.